The second-order valence-corrected chi connectivity index (χ2v) is 4.81. The number of halogens is 5. The maximum atomic E-state index is 12.9. The van der Waals surface area contributed by atoms with Crippen LogP contribution in [-0.4, -0.2) is 10.8 Å². The topological polar surface area (TPSA) is 51.3 Å². The SMILES string of the molecule is NC(=Nc1ccc(F)cc1)c1nc(Br)ccc1C(F)(F)F. The Balaban J connectivity index is 2.49. The summed E-state index contributed by atoms with van der Waals surface area (Å²) in [5.74, 6) is -0.890. The van der Waals surface area contributed by atoms with Crippen LogP contribution in [0.25, 0.3) is 0 Å². The lowest BCUT2D eigenvalue weighted by atomic mass is 10.1. The normalized spacial score (nSPS) is 12.5. The highest BCUT2D eigenvalue weighted by molar-refractivity contribution is 9.10. The molecule has 110 valence electrons. The number of benzene rings is 1. The van der Waals surface area contributed by atoms with E-state index in [-0.39, 0.29) is 10.3 Å². The third kappa shape index (κ3) is 3.78. The molecule has 0 saturated heterocycles. The van der Waals surface area contributed by atoms with Gasteiger partial charge in [-0.2, -0.15) is 13.2 Å². The van der Waals surface area contributed by atoms with Crippen LogP contribution in [0, 0.1) is 5.82 Å². The van der Waals surface area contributed by atoms with Crippen molar-refractivity contribution in [2.24, 2.45) is 10.7 Å². The van der Waals surface area contributed by atoms with E-state index in [0.29, 0.717) is 0 Å². The molecule has 1 aromatic heterocycles. The lowest BCUT2D eigenvalue weighted by Gasteiger charge is -2.11. The largest absolute Gasteiger partial charge is 0.418 e. The van der Waals surface area contributed by atoms with Crippen LogP contribution in [0.4, 0.5) is 23.2 Å². The van der Waals surface area contributed by atoms with Gasteiger partial charge in [-0.25, -0.2) is 14.4 Å². The van der Waals surface area contributed by atoms with E-state index in [1.807, 2.05) is 0 Å². The number of aromatic nitrogens is 1. The molecule has 0 atom stereocenters. The van der Waals surface area contributed by atoms with Gasteiger partial charge < -0.3 is 5.73 Å². The van der Waals surface area contributed by atoms with Gasteiger partial charge in [-0.15, -0.1) is 0 Å². The first-order chi connectivity index (χ1) is 9.77. The average molecular weight is 362 g/mol. The number of alkyl halides is 3. The Kier molecular flexibility index (Phi) is 4.26. The Morgan fingerprint density at radius 3 is 2.29 bits per heavy atom. The summed E-state index contributed by atoms with van der Waals surface area (Å²) in [6.45, 7) is 0. The molecule has 21 heavy (non-hydrogen) atoms. The van der Waals surface area contributed by atoms with Crippen molar-refractivity contribution in [2.75, 3.05) is 0 Å². The first-order valence-electron chi connectivity index (χ1n) is 5.61. The zero-order valence-electron chi connectivity index (χ0n) is 10.3. The van der Waals surface area contributed by atoms with Crippen molar-refractivity contribution in [3.05, 3.63) is 58.1 Å². The van der Waals surface area contributed by atoms with Gasteiger partial charge in [0.05, 0.1) is 11.3 Å². The summed E-state index contributed by atoms with van der Waals surface area (Å²) >= 11 is 2.99. The van der Waals surface area contributed by atoms with Crippen molar-refractivity contribution < 1.29 is 17.6 Å². The summed E-state index contributed by atoms with van der Waals surface area (Å²) < 4.78 is 51.7. The van der Waals surface area contributed by atoms with Gasteiger partial charge in [-0.3, -0.25) is 0 Å². The summed E-state index contributed by atoms with van der Waals surface area (Å²) in [5.41, 5.74) is 4.35. The van der Waals surface area contributed by atoms with Crippen LogP contribution in [0.3, 0.4) is 0 Å². The van der Waals surface area contributed by atoms with Crippen molar-refractivity contribution >= 4 is 27.5 Å². The second kappa shape index (κ2) is 5.80. The van der Waals surface area contributed by atoms with Crippen LogP contribution < -0.4 is 5.73 Å². The van der Waals surface area contributed by atoms with E-state index in [1.165, 1.54) is 12.1 Å². The maximum Gasteiger partial charge on any atom is 0.418 e. The molecular weight excluding hydrogens is 354 g/mol. The molecular formula is C13H8BrF4N3. The Hall–Kier alpha value is -1.96. The van der Waals surface area contributed by atoms with Crippen LogP contribution in [0.5, 0.6) is 0 Å². The first kappa shape index (κ1) is 15.4. The highest BCUT2D eigenvalue weighted by Gasteiger charge is 2.35. The smallest absolute Gasteiger partial charge is 0.382 e. The zero-order valence-corrected chi connectivity index (χ0v) is 11.9. The number of hydrogen-bond donors (Lipinski definition) is 1. The number of hydrogen-bond acceptors (Lipinski definition) is 2. The minimum Gasteiger partial charge on any atom is -0.382 e. The minimum atomic E-state index is -4.61. The Bertz CT molecular complexity index is 681. The highest BCUT2D eigenvalue weighted by Crippen LogP contribution is 2.32. The van der Waals surface area contributed by atoms with E-state index >= 15 is 0 Å². The quantitative estimate of drug-likeness (QED) is 0.380. The number of nitrogens with zero attached hydrogens (tertiary/aromatic N) is 2. The third-order valence-corrected chi connectivity index (χ3v) is 2.93. The van der Waals surface area contributed by atoms with Crippen molar-refractivity contribution in [3.63, 3.8) is 0 Å². The van der Waals surface area contributed by atoms with Crippen LogP contribution in [-0.2, 0) is 6.18 Å². The number of nitrogens with two attached hydrogens (primary N) is 1. The van der Waals surface area contributed by atoms with Crippen molar-refractivity contribution in [1.82, 2.24) is 4.98 Å². The van der Waals surface area contributed by atoms with Gasteiger partial charge in [0.25, 0.3) is 0 Å². The molecule has 0 amide bonds. The molecule has 0 saturated carbocycles. The second-order valence-electron chi connectivity index (χ2n) is 4.00. The van der Waals surface area contributed by atoms with E-state index in [4.69, 9.17) is 5.73 Å². The maximum absolute atomic E-state index is 12.9. The standard InChI is InChI=1S/C13H8BrF4N3/c14-10-6-5-9(13(16,17)18)11(21-10)12(19)20-8-3-1-7(15)2-4-8/h1-6H,(H2,19,20). The van der Waals surface area contributed by atoms with E-state index < -0.39 is 29.1 Å². The Morgan fingerprint density at radius 2 is 1.71 bits per heavy atom. The van der Waals surface area contributed by atoms with Gasteiger partial charge in [0.1, 0.15) is 16.1 Å². The predicted molar refractivity (Wildman–Crippen MR) is 73.7 cm³/mol. The molecule has 1 aromatic carbocycles. The zero-order chi connectivity index (χ0) is 15.6. The van der Waals surface area contributed by atoms with Gasteiger partial charge in [-0.1, -0.05) is 0 Å². The molecule has 0 aliphatic heterocycles. The first-order valence-corrected chi connectivity index (χ1v) is 6.40. The molecule has 3 nitrogen and oxygen atoms in total. The van der Waals surface area contributed by atoms with E-state index in [2.05, 4.69) is 25.9 Å². The number of rotatable bonds is 2. The number of pyridine rings is 1. The fraction of sp³-hybridized carbons (Fsp3) is 0.0769. The van der Waals surface area contributed by atoms with Crippen molar-refractivity contribution in [3.8, 4) is 0 Å². The van der Waals surface area contributed by atoms with Crippen LogP contribution in [0.2, 0.25) is 0 Å². The Morgan fingerprint density at radius 1 is 1.10 bits per heavy atom. The van der Waals surface area contributed by atoms with Gasteiger partial charge in [0.2, 0.25) is 0 Å². The molecule has 0 fully saturated rings. The molecule has 0 aliphatic rings. The molecule has 2 rings (SSSR count). The molecule has 0 unspecified atom stereocenters. The van der Waals surface area contributed by atoms with E-state index in [1.54, 1.807) is 0 Å². The van der Waals surface area contributed by atoms with Crippen molar-refractivity contribution in [1.29, 1.82) is 0 Å². The summed E-state index contributed by atoms with van der Waals surface area (Å²) in [4.78, 5) is 7.55. The fourth-order valence-electron chi connectivity index (χ4n) is 1.57. The van der Waals surface area contributed by atoms with Crippen LogP contribution in [0.1, 0.15) is 11.3 Å². The summed E-state index contributed by atoms with van der Waals surface area (Å²) in [6.07, 6.45) is -4.61. The monoisotopic (exact) mass is 361 g/mol. The average Bonchev–Trinajstić information content (AvgIpc) is 2.40. The molecule has 0 radical (unpaired) electrons. The van der Waals surface area contributed by atoms with Gasteiger partial charge in [0.15, 0.2) is 5.84 Å². The molecule has 2 N–H and O–H groups in total. The lowest BCUT2D eigenvalue weighted by molar-refractivity contribution is -0.138. The predicted octanol–water partition coefficient (Wildman–Crippen LogP) is 4.04. The lowest BCUT2D eigenvalue weighted by Crippen LogP contribution is -2.21. The molecule has 0 bridgehead atoms. The Labute approximate surface area is 125 Å². The molecule has 0 aliphatic carbocycles. The number of amidine groups is 1. The van der Waals surface area contributed by atoms with Gasteiger partial charge in [0, 0.05) is 0 Å². The molecule has 0 spiro atoms. The fourth-order valence-corrected chi connectivity index (χ4v) is 1.88. The van der Waals surface area contributed by atoms with E-state index in [0.717, 1.165) is 24.3 Å². The summed E-state index contributed by atoms with van der Waals surface area (Å²) in [5, 5.41) is 0. The number of aliphatic imine (C=N–C) groups is 1. The van der Waals surface area contributed by atoms with Crippen LogP contribution >= 0.6 is 15.9 Å². The molecule has 2 aromatic rings. The third-order valence-electron chi connectivity index (χ3n) is 2.49. The van der Waals surface area contributed by atoms with Gasteiger partial charge in [-0.05, 0) is 52.3 Å². The summed E-state index contributed by atoms with van der Waals surface area (Å²) in [7, 11) is 0. The van der Waals surface area contributed by atoms with E-state index in [9.17, 15) is 17.6 Å². The van der Waals surface area contributed by atoms with Gasteiger partial charge >= 0.3 is 6.18 Å². The summed E-state index contributed by atoms with van der Waals surface area (Å²) in [6, 6.07) is 6.88. The highest BCUT2D eigenvalue weighted by atomic mass is 79.9. The molecule has 1 heterocycles. The molecule has 8 heteroatoms. The minimum absolute atomic E-state index is 0.197. The van der Waals surface area contributed by atoms with Crippen molar-refractivity contribution in [2.45, 2.75) is 6.18 Å². The van der Waals surface area contributed by atoms with Crippen LogP contribution in [0.15, 0.2) is 46.0 Å².